The highest BCUT2D eigenvalue weighted by molar-refractivity contribution is 6.00. The van der Waals surface area contributed by atoms with E-state index >= 15 is 0 Å². The van der Waals surface area contributed by atoms with E-state index < -0.39 is 18.0 Å². The van der Waals surface area contributed by atoms with Crippen LogP contribution in [0.25, 0.3) is 16.6 Å². The first-order valence-corrected chi connectivity index (χ1v) is 9.08. The number of fused-ring (bicyclic) bond motifs is 1. The third-order valence-corrected chi connectivity index (χ3v) is 5.40. The molecule has 146 valence electrons. The van der Waals surface area contributed by atoms with E-state index in [4.69, 9.17) is 0 Å². The fourth-order valence-electron chi connectivity index (χ4n) is 3.91. The van der Waals surface area contributed by atoms with Gasteiger partial charge in [0.2, 0.25) is 11.8 Å². The topological polar surface area (TPSA) is 114 Å². The lowest BCUT2D eigenvalue weighted by atomic mass is 10.0. The number of carboxylic acid groups (broad SMARTS) is 1. The lowest BCUT2D eigenvalue weighted by Gasteiger charge is -2.25. The van der Waals surface area contributed by atoms with E-state index in [0.717, 1.165) is 11.1 Å². The van der Waals surface area contributed by atoms with Crippen molar-refractivity contribution in [1.82, 2.24) is 19.4 Å². The number of aryl methyl sites for hydroxylation is 1. The Kier molecular flexibility index (Phi) is 4.29. The van der Waals surface area contributed by atoms with E-state index in [1.807, 2.05) is 18.2 Å². The second-order valence-electron chi connectivity index (χ2n) is 7.10. The van der Waals surface area contributed by atoms with Crippen LogP contribution in [0, 0.1) is 0 Å². The molecule has 1 aromatic heterocycles. The van der Waals surface area contributed by atoms with Crippen molar-refractivity contribution in [2.24, 2.45) is 7.05 Å². The van der Waals surface area contributed by atoms with Gasteiger partial charge >= 0.3 is 11.8 Å². The molecular formula is C19H20N4O5. The highest BCUT2D eigenvalue weighted by atomic mass is 16.4. The Labute approximate surface area is 159 Å². The monoisotopic (exact) mass is 384 g/mol. The van der Waals surface area contributed by atoms with Gasteiger partial charge in [-0.1, -0.05) is 12.1 Å². The Morgan fingerprint density at radius 3 is 2.71 bits per heavy atom. The summed E-state index contributed by atoms with van der Waals surface area (Å²) in [5, 5.41) is 11.5. The van der Waals surface area contributed by atoms with Crippen LogP contribution in [0.5, 0.6) is 0 Å². The number of benzene rings is 1. The van der Waals surface area contributed by atoms with Gasteiger partial charge in [-0.05, 0) is 36.1 Å². The summed E-state index contributed by atoms with van der Waals surface area (Å²) >= 11 is 0. The van der Waals surface area contributed by atoms with Crippen LogP contribution < -0.4 is 11.0 Å². The van der Waals surface area contributed by atoms with Crippen LogP contribution in [-0.2, 0) is 16.6 Å². The Morgan fingerprint density at radius 2 is 2.00 bits per heavy atom. The smallest absolute Gasteiger partial charge is 0.407 e. The van der Waals surface area contributed by atoms with Crippen molar-refractivity contribution in [3.05, 3.63) is 40.3 Å². The summed E-state index contributed by atoms with van der Waals surface area (Å²) in [6.45, 7) is 0.758. The Hall–Kier alpha value is -3.36. The summed E-state index contributed by atoms with van der Waals surface area (Å²) in [5.41, 5.74) is 2.66. The molecule has 1 aromatic carbocycles. The standard InChI is InChI=1S/C19H20N4O5/c1-21-15-9-11(12-3-2-8-22(10-12)19(27)28)4-5-13(15)23(18(21)26)14-6-7-16(24)20-17(14)25/h3-5,9,14H,2,6-8,10H2,1H3,(H,27,28)(H,20,24,25). The largest absolute Gasteiger partial charge is 0.465 e. The third-order valence-electron chi connectivity index (χ3n) is 5.40. The number of imidazole rings is 1. The van der Waals surface area contributed by atoms with Gasteiger partial charge in [0.1, 0.15) is 6.04 Å². The first kappa shape index (κ1) is 18.0. The van der Waals surface area contributed by atoms with Gasteiger partial charge in [0.25, 0.3) is 0 Å². The molecule has 0 radical (unpaired) electrons. The number of amides is 3. The number of nitrogens with zero attached hydrogens (tertiary/aromatic N) is 3. The van der Waals surface area contributed by atoms with E-state index in [9.17, 15) is 24.3 Å². The molecule has 28 heavy (non-hydrogen) atoms. The van der Waals surface area contributed by atoms with Crippen molar-refractivity contribution in [2.45, 2.75) is 25.3 Å². The first-order valence-electron chi connectivity index (χ1n) is 9.08. The maximum atomic E-state index is 12.8. The molecular weight excluding hydrogens is 364 g/mol. The van der Waals surface area contributed by atoms with E-state index in [1.165, 1.54) is 14.0 Å². The van der Waals surface area contributed by atoms with Gasteiger partial charge in [-0.3, -0.25) is 24.0 Å². The molecule has 2 aliphatic heterocycles. The fourth-order valence-corrected chi connectivity index (χ4v) is 3.91. The van der Waals surface area contributed by atoms with Crippen molar-refractivity contribution in [3.63, 3.8) is 0 Å². The third kappa shape index (κ3) is 2.88. The molecule has 1 atom stereocenters. The van der Waals surface area contributed by atoms with Crippen molar-refractivity contribution < 1.29 is 19.5 Å². The predicted octanol–water partition coefficient (Wildman–Crippen LogP) is 1.08. The van der Waals surface area contributed by atoms with Gasteiger partial charge in [-0.2, -0.15) is 0 Å². The predicted molar refractivity (Wildman–Crippen MR) is 101 cm³/mol. The molecule has 0 spiro atoms. The molecule has 9 heteroatoms. The highest BCUT2D eigenvalue weighted by Gasteiger charge is 2.31. The van der Waals surface area contributed by atoms with E-state index in [2.05, 4.69) is 5.32 Å². The highest BCUT2D eigenvalue weighted by Crippen LogP contribution is 2.27. The molecule has 1 fully saturated rings. The molecule has 2 aliphatic rings. The first-order chi connectivity index (χ1) is 13.4. The zero-order chi connectivity index (χ0) is 20.0. The summed E-state index contributed by atoms with van der Waals surface area (Å²) in [4.78, 5) is 49.1. The lowest BCUT2D eigenvalue weighted by Crippen LogP contribution is -2.44. The molecule has 1 unspecified atom stereocenters. The van der Waals surface area contributed by atoms with Crippen LogP contribution >= 0.6 is 0 Å². The van der Waals surface area contributed by atoms with Crippen LogP contribution in [0.2, 0.25) is 0 Å². The summed E-state index contributed by atoms with van der Waals surface area (Å²) in [5.74, 6) is -0.800. The molecule has 1 saturated heterocycles. The molecule has 2 aromatic rings. The Morgan fingerprint density at radius 1 is 1.21 bits per heavy atom. The van der Waals surface area contributed by atoms with Crippen LogP contribution in [0.15, 0.2) is 29.1 Å². The van der Waals surface area contributed by atoms with E-state index in [1.54, 1.807) is 13.1 Å². The minimum atomic E-state index is -0.955. The molecule has 0 bridgehead atoms. The number of carbonyl (C=O) groups excluding carboxylic acids is 2. The van der Waals surface area contributed by atoms with Crippen LogP contribution in [0.1, 0.15) is 30.9 Å². The van der Waals surface area contributed by atoms with Crippen LogP contribution in [0.4, 0.5) is 4.79 Å². The van der Waals surface area contributed by atoms with Gasteiger partial charge < -0.3 is 10.0 Å². The summed E-state index contributed by atoms with van der Waals surface area (Å²) < 4.78 is 2.90. The number of nitrogens with one attached hydrogen (secondary N) is 1. The van der Waals surface area contributed by atoms with Crippen molar-refractivity contribution in [3.8, 4) is 0 Å². The average molecular weight is 384 g/mol. The number of aromatic nitrogens is 2. The number of hydrogen-bond donors (Lipinski definition) is 2. The molecule has 2 N–H and O–H groups in total. The minimum absolute atomic E-state index is 0.190. The van der Waals surface area contributed by atoms with Crippen molar-refractivity contribution in [2.75, 3.05) is 13.1 Å². The molecule has 3 amide bonds. The number of rotatable bonds is 2. The molecule has 0 saturated carbocycles. The molecule has 3 heterocycles. The Balaban J connectivity index is 1.76. The summed E-state index contributed by atoms with van der Waals surface area (Å²) in [6, 6.07) is 4.73. The number of imide groups is 1. The van der Waals surface area contributed by atoms with Crippen LogP contribution in [0.3, 0.4) is 0 Å². The lowest BCUT2D eigenvalue weighted by molar-refractivity contribution is -0.135. The minimum Gasteiger partial charge on any atom is -0.465 e. The molecule has 0 aliphatic carbocycles. The normalized spacial score (nSPS) is 20.2. The fraction of sp³-hybridized carbons (Fsp3) is 0.368. The Bertz CT molecular complexity index is 1090. The second-order valence-corrected chi connectivity index (χ2v) is 7.10. The van der Waals surface area contributed by atoms with E-state index in [0.29, 0.717) is 30.5 Å². The molecule has 9 nitrogen and oxygen atoms in total. The summed E-state index contributed by atoms with van der Waals surface area (Å²) in [6.07, 6.45) is 2.16. The van der Waals surface area contributed by atoms with Gasteiger partial charge in [0.15, 0.2) is 0 Å². The second kappa shape index (κ2) is 6.66. The number of piperidine rings is 1. The van der Waals surface area contributed by atoms with Crippen LogP contribution in [-0.4, -0.2) is 50.1 Å². The van der Waals surface area contributed by atoms with Crippen molar-refractivity contribution >= 4 is 34.5 Å². The van der Waals surface area contributed by atoms with Gasteiger partial charge in [-0.15, -0.1) is 0 Å². The molecule has 4 rings (SSSR count). The van der Waals surface area contributed by atoms with E-state index in [-0.39, 0.29) is 24.4 Å². The number of carbonyl (C=O) groups is 3. The van der Waals surface area contributed by atoms with Crippen molar-refractivity contribution in [1.29, 1.82) is 0 Å². The quantitative estimate of drug-likeness (QED) is 0.753. The average Bonchev–Trinajstić information content (AvgIpc) is 2.92. The number of hydrogen-bond acceptors (Lipinski definition) is 4. The van der Waals surface area contributed by atoms with Gasteiger partial charge in [0.05, 0.1) is 11.0 Å². The SMILES string of the molecule is Cn1c(=O)n(C2CCC(=O)NC2=O)c2ccc(C3=CCCN(C(=O)O)C3)cc21. The van der Waals surface area contributed by atoms with Gasteiger partial charge in [0, 0.05) is 26.6 Å². The van der Waals surface area contributed by atoms with Gasteiger partial charge in [-0.25, -0.2) is 9.59 Å². The maximum Gasteiger partial charge on any atom is 0.407 e. The maximum absolute atomic E-state index is 12.8. The zero-order valence-corrected chi connectivity index (χ0v) is 15.3. The zero-order valence-electron chi connectivity index (χ0n) is 15.3. The summed E-state index contributed by atoms with van der Waals surface area (Å²) in [7, 11) is 1.63.